The monoisotopic (exact) mass is 326 g/mol. The molecule has 5 heteroatoms. The molecule has 0 bridgehead atoms. The molecule has 0 fully saturated rings. The number of benzene rings is 2. The Morgan fingerprint density at radius 3 is 2.71 bits per heavy atom. The van der Waals surface area contributed by atoms with Crippen LogP contribution in [-0.4, -0.2) is 39.3 Å². The molecule has 0 saturated heterocycles. The van der Waals surface area contributed by atoms with Crippen molar-refractivity contribution in [3.63, 3.8) is 0 Å². The van der Waals surface area contributed by atoms with Crippen LogP contribution in [0.15, 0.2) is 48.5 Å². The Morgan fingerprint density at radius 1 is 1.12 bits per heavy atom. The quantitative estimate of drug-likeness (QED) is 0.795. The molecule has 0 saturated carbocycles. The highest BCUT2D eigenvalue weighted by atomic mass is 16.5. The number of fused-ring (bicyclic) bond motifs is 1. The van der Waals surface area contributed by atoms with Gasteiger partial charge in [0.05, 0.1) is 13.2 Å². The largest absolute Gasteiger partial charge is 0.491 e. The molecule has 1 amide bonds. The van der Waals surface area contributed by atoms with Gasteiger partial charge in [-0.25, -0.2) is 0 Å². The van der Waals surface area contributed by atoms with E-state index in [0.29, 0.717) is 19.8 Å². The third kappa shape index (κ3) is 4.06. The van der Waals surface area contributed by atoms with Crippen LogP contribution in [0.2, 0.25) is 0 Å². The first kappa shape index (κ1) is 16.3. The van der Waals surface area contributed by atoms with Crippen molar-refractivity contribution in [2.45, 2.75) is 6.42 Å². The Kier molecular flexibility index (Phi) is 5.33. The minimum Gasteiger partial charge on any atom is -0.491 e. The van der Waals surface area contributed by atoms with Crippen molar-refractivity contribution in [1.29, 1.82) is 0 Å². The molecular weight excluding hydrogens is 304 g/mol. The van der Waals surface area contributed by atoms with Gasteiger partial charge in [0, 0.05) is 25.0 Å². The Bertz CT molecular complexity index is 685. The number of hydrogen-bond donors (Lipinski definition) is 1. The molecule has 1 heterocycles. The molecule has 5 nitrogen and oxygen atoms in total. The van der Waals surface area contributed by atoms with E-state index in [-0.39, 0.29) is 5.91 Å². The molecule has 1 aliphatic heterocycles. The number of amides is 1. The molecule has 2 aromatic rings. The van der Waals surface area contributed by atoms with Crippen molar-refractivity contribution in [2.24, 2.45) is 0 Å². The Hall–Kier alpha value is -2.53. The molecule has 0 unspecified atom stereocenters. The number of anilines is 2. The first-order chi connectivity index (χ1) is 11.8. The van der Waals surface area contributed by atoms with Crippen molar-refractivity contribution >= 4 is 17.3 Å². The third-order valence-electron chi connectivity index (χ3n) is 4.01. The summed E-state index contributed by atoms with van der Waals surface area (Å²) < 4.78 is 10.4. The van der Waals surface area contributed by atoms with Crippen LogP contribution in [0.25, 0.3) is 0 Å². The summed E-state index contributed by atoms with van der Waals surface area (Å²) in [4.78, 5) is 14.4. The summed E-state index contributed by atoms with van der Waals surface area (Å²) in [6.07, 6.45) is 0.997. The Labute approximate surface area is 142 Å². The second kappa shape index (κ2) is 7.84. The summed E-state index contributed by atoms with van der Waals surface area (Å²) >= 11 is 0. The average Bonchev–Trinajstić information content (AvgIpc) is 3.00. The fraction of sp³-hybridized carbons (Fsp3) is 0.316. The highest BCUT2D eigenvalue weighted by Crippen LogP contribution is 2.27. The van der Waals surface area contributed by atoms with Crippen LogP contribution in [0.3, 0.4) is 0 Å². The van der Waals surface area contributed by atoms with Crippen molar-refractivity contribution in [1.82, 2.24) is 0 Å². The van der Waals surface area contributed by atoms with Crippen LogP contribution in [0.4, 0.5) is 11.4 Å². The lowest BCUT2D eigenvalue weighted by atomic mass is 10.2. The number of ether oxygens (including phenoxy) is 2. The van der Waals surface area contributed by atoms with E-state index in [9.17, 15) is 4.79 Å². The van der Waals surface area contributed by atoms with E-state index in [1.807, 2.05) is 36.4 Å². The second-order valence-corrected chi connectivity index (χ2v) is 5.71. The van der Waals surface area contributed by atoms with Gasteiger partial charge in [-0.05, 0) is 42.3 Å². The number of methoxy groups -OCH3 is 1. The van der Waals surface area contributed by atoms with Crippen LogP contribution in [0.5, 0.6) is 5.75 Å². The molecule has 0 radical (unpaired) electrons. The van der Waals surface area contributed by atoms with Gasteiger partial charge in [0.1, 0.15) is 12.4 Å². The molecule has 24 heavy (non-hydrogen) atoms. The number of para-hydroxylation sites is 1. The van der Waals surface area contributed by atoms with Crippen LogP contribution >= 0.6 is 0 Å². The van der Waals surface area contributed by atoms with Gasteiger partial charge in [0.25, 0.3) is 0 Å². The van der Waals surface area contributed by atoms with E-state index in [2.05, 4.69) is 22.3 Å². The second-order valence-electron chi connectivity index (χ2n) is 5.71. The maximum absolute atomic E-state index is 12.3. The number of carbonyl (C=O) groups is 1. The number of carbonyl (C=O) groups excluding carboxylic acids is 1. The number of nitrogens with one attached hydrogen (secondary N) is 1. The fourth-order valence-electron chi connectivity index (χ4n) is 2.82. The lowest BCUT2D eigenvalue weighted by Crippen LogP contribution is -2.31. The highest BCUT2D eigenvalue weighted by Gasteiger charge is 2.20. The predicted molar refractivity (Wildman–Crippen MR) is 94.8 cm³/mol. The minimum atomic E-state index is -0.0141. The van der Waals surface area contributed by atoms with Gasteiger partial charge in [-0.15, -0.1) is 0 Å². The molecule has 0 spiro atoms. The Balaban J connectivity index is 1.52. The molecule has 2 aromatic carbocycles. The van der Waals surface area contributed by atoms with Gasteiger partial charge in [-0.3, -0.25) is 4.79 Å². The van der Waals surface area contributed by atoms with E-state index in [4.69, 9.17) is 9.47 Å². The van der Waals surface area contributed by atoms with Crippen LogP contribution < -0.4 is 15.0 Å². The first-order valence-corrected chi connectivity index (χ1v) is 8.11. The third-order valence-corrected chi connectivity index (χ3v) is 4.01. The summed E-state index contributed by atoms with van der Waals surface area (Å²) in [6, 6.07) is 15.6. The van der Waals surface area contributed by atoms with E-state index in [1.165, 1.54) is 5.56 Å². The summed E-state index contributed by atoms with van der Waals surface area (Å²) in [5.41, 5.74) is 3.24. The summed E-state index contributed by atoms with van der Waals surface area (Å²) in [6.45, 7) is 2.31. The fourth-order valence-corrected chi connectivity index (χ4v) is 2.82. The normalized spacial score (nSPS) is 12.8. The van der Waals surface area contributed by atoms with E-state index in [1.54, 1.807) is 7.11 Å². The minimum absolute atomic E-state index is 0.0141. The lowest BCUT2D eigenvalue weighted by molar-refractivity contribution is -0.115. The zero-order chi connectivity index (χ0) is 16.8. The van der Waals surface area contributed by atoms with Gasteiger partial charge in [-0.1, -0.05) is 18.2 Å². The molecule has 3 rings (SSSR count). The zero-order valence-corrected chi connectivity index (χ0v) is 13.8. The predicted octanol–water partition coefficient (Wildman–Crippen LogP) is 2.71. The van der Waals surface area contributed by atoms with E-state index in [0.717, 1.165) is 30.1 Å². The van der Waals surface area contributed by atoms with Crippen molar-refractivity contribution in [3.8, 4) is 5.75 Å². The standard InChI is InChI=1S/C19H22N2O3/c1-23-12-13-24-17-8-6-16(7-9-17)20-19(22)14-21-11-10-15-4-2-3-5-18(15)21/h2-9H,10-14H2,1H3,(H,20,22). The maximum atomic E-state index is 12.3. The molecule has 1 N–H and O–H groups in total. The maximum Gasteiger partial charge on any atom is 0.243 e. The summed E-state index contributed by atoms with van der Waals surface area (Å²) in [5.74, 6) is 0.748. The highest BCUT2D eigenvalue weighted by molar-refractivity contribution is 5.94. The molecule has 0 aromatic heterocycles. The van der Waals surface area contributed by atoms with E-state index < -0.39 is 0 Å². The van der Waals surface area contributed by atoms with Gasteiger partial charge < -0.3 is 19.7 Å². The van der Waals surface area contributed by atoms with Gasteiger partial charge in [0.15, 0.2) is 0 Å². The van der Waals surface area contributed by atoms with Crippen molar-refractivity contribution in [3.05, 3.63) is 54.1 Å². The average molecular weight is 326 g/mol. The number of rotatable bonds is 7. The molecule has 126 valence electrons. The summed E-state index contributed by atoms with van der Waals surface area (Å²) in [7, 11) is 1.64. The topological polar surface area (TPSA) is 50.8 Å². The zero-order valence-electron chi connectivity index (χ0n) is 13.8. The van der Waals surface area contributed by atoms with Gasteiger partial charge in [0.2, 0.25) is 5.91 Å². The Morgan fingerprint density at radius 2 is 1.92 bits per heavy atom. The smallest absolute Gasteiger partial charge is 0.243 e. The van der Waals surface area contributed by atoms with Crippen LogP contribution in [-0.2, 0) is 16.0 Å². The molecule has 1 aliphatic rings. The van der Waals surface area contributed by atoms with Crippen LogP contribution in [0, 0.1) is 0 Å². The molecule has 0 aliphatic carbocycles. The molecular formula is C19H22N2O3. The summed E-state index contributed by atoms with van der Waals surface area (Å²) in [5, 5.41) is 2.93. The van der Waals surface area contributed by atoms with E-state index >= 15 is 0 Å². The van der Waals surface area contributed by atoms with Crippen LogP contribution in [0.1, 0.15) is 5.56 Å². The SMILES string of the molecule is COCCOc1ccc(NC(=O)CN2CCc3ccccc32)cc1. The molecule has 0 atom stereocenters. The number of hydrogen-bond acceptors (Lipinski definition) is 4. The van der Waals surface area contributed by atoms with Crippen molar-refractivity contribution in [2.75, 3.05) is 43.6 Å². The van der Waals surface area contributed by atoms with Crippen molar-refractivity contribution < 1.29 is 14.3 Å². The first-order valence-electron chi connectivity index (χ1n) is 8.11. The number of nitrogens with zero attached hydrogens (tertiary/aromatic N) is 1. The lowest BCUT2D eigenvalue weighted by Gasteiger charge is -2.18. The van der Waals surface area contributed by atoms with Gasteiger partial charge >= 0.3 is 0 Å². The van der Waals surface area contributed by atoms with Gasteiger partial charge in [-0.2, -0.15) is 0 Å².